The van der Waals surface area contributed by atoms with Crippen LogP contribution in [-0.4, -0.2) is 34.6 Å². The number of hydrogen-bond acceptors (Lipinski definition) is 4. The normalized spacial score (nSPS) is 14.0. The average Bonchev–Trinajstić information content (AvgIpc) is 3.24. The second kappa shape index (κ2) is 10.2. The molecule has 0 atom stereocenters. The quantitative estimate of drug-likeness (QED) is 0.395. The average molecular weight is 429 g/mol. The molecule has 5 heteroatoms. The van der Waals surface area contributed by atoms with Gasteiger partial charge in [0.15, 0.2) is 5.58 Å². The number of hydrogen-bond donors (Lipinski definition) is 1. The largest absolute Gasteiger partial charge is 0.483 e. The van der Waals surface area contributed by atoms with Crippen LogP contribution >= 0.6 is 0 Å². The van der Waals surface area contributed by atoms with E-state index in [-0.39, 0.29) is 6.47 Å². The predicted octanol–water partition coefficient (Wildman–Crippen LogP) is 6.16. The van der Waals surface area contributed by atoms with Gasteiger partial charge in [-0.25, -0.2) is 4.98 Å². The van der Waals surface area contributed by atoms with E-state index in [0.29, 0.717) is 0 Å². The maximum Gasteiger partial charge on any atom is 0.290 e. The Morgan fingerprint density at radius 1 is 0.969 bits per heavy atom. The van der Waals surface area contributed by atoms with Crippen LogP contribution in [0.15, 0.2) is 71.1 Å². The molecule has 1 aliphatic rings. The van der Waals surface area contributed by atoms with Crippen LogP contribution < -0.4 is 0 Å². The fourth-order valence-electron chi connectivity index (χ4n) is 4.37. The van der Waals surface area contributed by atoms with Crippen LogP contribution in [0.25, 0.3) is 33.6 Å². The summed E-state index contributed by atoms with van der Waals surface area (Å²) in [6.45, 7) is 5.21. The van der Waals surface area contributed by atoms with Crippen LogP contribution in [0, 0.1) is 6.92 Å². The van der Waals surface area contributed by atoms with Gasteiger partial charge in [-0.3, -0.25) is 9.69 Å². The van der Waals surface area contributed by atoms with E-state index in [2.05, 4.69) is 78.6 Å². The van der Waals surface area contributed by atoms with Gasteiger partial charge >= 0.3 is 0 Å². The molecule has 3 heterocycles. The molecule has 0 amide bonds. The van der Waals surface area contributed by atoms with Crippen molar-refractivity contribution in [3.05, 3.63) is 78.0 Å². The van der Waals surface area contributed by atoms with Crippen molar-refractivity contribution in [2.75, 3.05) is 13.1 Å². The standard InChI is InChI=1S/C26H26N2O.CH2O2/c1-19-22(20-9-4-2-5-10-20)11-8-12-23(19)26-17-24-25(29-26)14-13-21(27-24)18-28-15-6-3-7-16-28;2-1-3/h2,4-5,8-14,17H,3,6-7,15-16,18H2,1H3;1H,(H,2,3). The number of pyridine rings is 1. The lowest BCUT2D eigenvalue weighted by Gasteiger charge is -2.25. The molecule has 0 saturated carbocycles. The van der Waals surface area contributed by atoms with Gasteiger partial charge in [-0.15, -0.1) is 0 Å². The lowest BCUT2D eigenvalue weighted by molar-refractivity contribution is -0.122. The molecule has 0 unspecified atom stereocenters. The second-order valence-corrected chi connectivity index (χ2v) is 8.08. The van der Waals surface area contributed by atoms with Gasteiger partial charge in [0, 0.05) is 18.2 Å². The lowest BCUT2D eigenvalue weighted by atomic mass is 9.95. The summed E-state index contributed by atoms with van der Waals surface area (Å²) in [6.07, 6.45) is 3.96. The molecule has 1 N–H and O–H groups in total. The summed E-state index contributed by atoms with van der Waals surface area (Å²) >= 11 is 0. The SMILES string of the molecule is Cc1c(-c2ccccc2)cccc1-c1cc2nc(CN3CCCCC3)ccc2o1.O=CO. The monoisotopic (exact) mass is 428 g/mol. The van der Waals surface area contributed by atoms with E-state index >= 15 is 0 Å². The molecule has 2 aromatic carbocycles. The number of fused-ring (bicyclic) bond motifs is 1. The minimum atomic E-state index is -0.250. The van der Waals surface area contributed by atoms with Gasteiger partial charge in [-0.05, 0) is 61.7 Å². The van der Waals surface area contributed by atoms with Gasteiger partial charge < -0.3 is 9.52 Å². The third-order valence-electron chi connectivity index (χ3n) is 5.95. The van der Waals surface area contributed by atoms with Crippen molar-refractivity contribution in [1.82, 2.24) is 9.88 Å². The van der Waals surface area contributed by atoms with E-state index in [4.69, 9.17) is 19.3 Å². The van der Waals surface area contributed by atoms with Gasteiger partial charge in [0.05, 0.1) is 5.69 Å². The van der Waals surface area contributed by atoms with Crippen molar-refractivity contribution in [1.29, 1.82) is 0 Å². The van der Waals surface area contributed by atoms with E-state index in [1.807, 2.05) is 0 Å². The Morgan fingerprint density at radius 2 is 1.69 bits per heavy atom. The zero-order chi connectivity index (χ0) is 22.3. The summed E-state index contributed by atoms with van der Waals surface area (Å²) in [4.78, 5) is 15.8. The maximum atomic E-state index is 8.36. The van der Waals surface area contributed by atoms with Crippen LogP contribution in [0.5, 0.6) is 0 Å². The highest BCUT2D eigenvalue weighted by Gasteiger charge is 2.15. The van der Waals surface area contributed by atoms with E-state index in [0.717, 1.165) is 34.7 Å². The summed E-state index contributed by atoms with van der Waals surface area (Å²) in [5.74, 6) is 0.887. The molecule has 0 aliphatic carbocycles. The Kier molecular flexibility index (Phi) is 6.97. The molecule has 1 aliphatic heterocycles. The van der Waals surface area contributed by atoms with Crippen molar-refractivity contribution < 1.29 is 14.3 Å². The van der Waals surface area contributed by atoms with Crippen LogP contribution in [0.2, 0.25) is 0 Å². The topological polar surface area (TPSA) is 66.6 Å². The molecule has 0 radical (unpaired) electrons. The Morgan fingerprint density at radius 3 is 2.44 bits per heavy atom. The molecule has 4 aromatic rings. The van der Waals surface area contributed by atoms with E-state index in [1.165, 1.54) is 49.0 Å². The van der Waals surface area contributed by atoms with E-state index in [1.54, 1.807) is 0 Å². The first-order valence-electron chi connectivity index (χ1n) is 11.0. The highest BCUT2D eigenvalue weighted by Crippen LogP contribution is 2.34. The van der Waals surface area contributed by atoms with Gasteiger partial charge in [0.2, 0.25) is 0 Å². The van der Waals surface area contributed by atoms with Gasteiger partial charge in [0.25, 0.3) is 6.47 Å². The molecule has 2 aromatic heterocycles. The second-order valence-electron chi connectivity index (χ2n) is 8.08. The molecule has 0 spiro atoms. The summed E-state index contributed by atoms with van der Waals surface area (Å²) in [5.41, 5.74) is 7.74. The van der Waals surface area contributed by atoms with Gasteiger partial charge in [-0.2, -0.15) is 0 Å². The lowest BCUT2D eigenvalue weighted by Crippen LogP contribution is -2.29. The summed E-state index contributed by atoms with van der Waals surface area (Å²) in [5, 5.41) is 6.89. The number of aromatic nitrogens is 1. The van der Waals surface area contributed by atoms with Crippen molar-refractivity contribution >= 4 is 17.6 Å². The highest BCUT2D eigenvalue weighted by atomic mass is 16.3. The third kappa shape index (κ3) is 4.89. The molecule has 5 rings (SSSR count). The molecular formula is C27H28N2O3. The van der Waals surface area contributed by atoms with Crippen LogP contribution in [-0.2, 0) is 11.3 Å². The van der Waals surface area contributed by atoms with Crippen molar-refractivity contribution in [2.24, 2.45) is 0 Å². The zero-order valence-corrected chi connectivity index (χ0v) is 18.3. The van der Waals surface area contributed by atoms with Crippen LogP contribution in [0.4, 0.5) is 0 Å². The Hall–Kier alpha value is -3.44. The minimum absolute atomic E-state index is 0.250. The maximum absolute atomic E-state index is 8.36. The summed E-state index contributed by atoms with van der Waals surface area (Å²) in [7, 11) is 0. The first-order valence-corrected chi connectivity index (χ1v) is 11.0. The number of likely N-dealkylation sites (tertiary alicyclic amines) is 1. The first-order chi connectivity index (χ1) is 15.7. The molecule has 1 fully saturated rings. The number of carboxylic acid groups (broad SMARTS) is 1. The molecule has 0 bridgehead atoms. The predicted molar refractivity (Wildman–Crippen MR) is 127 cm³/mol. The highest BCUT2D eigenvalue weighted by molar-refractivity contribution is 5.83. The van der Waals surface area contributed by atoms with Crippen LogP contribution in [0.3, 0.4) is 0 Å². The van der Waals surface area contributed by atoms with Crippen molar-refractivity contribution in [3.8, 4) is 22.5 Å². The fraction of sp³-hybridized carbons (Fsp3) is 0.259. The molecule has 32 heavy (non-hydrogen) atoms. The Labute approximate surface area is 188 Å². The Bertz CT molecular complexity index is 1180. The molecule has 164 valence electrons. The van der Waals surface area contributed by atoms with Crippen molar-refractivity contribution in [3.63, 3.8) is 0 Å². The molecule has 1 saturated heterocycles. The third-order valence-corrected chi connectivity index (χ3v) is 5.95. The number of carbonyl (C=O) groups is 1. The first kappa shape index (κ1) is 21.8. The number of rotatable bonds is 4. The molecule has 5 nitrogen and oxygen atoms in total. The van der Waals surface area contributed by atoms with E-state index < -0.39 is 0 Å². The zero-order valence-electron chi connectivity index (χ0n) is 18.3. The van der Waals surface area contributed by atoms with Gasteiger partial charge in [0.1, 0.15) is 11.3 Å². The molecular weight excluding hydrogens is 400 g/mol. The minimum Gasteiger partial charge on any atom is -0.483 e. The Balaban J connectivity index is 0.000000775. The van der Waals surface area contributed by atoms with Gasteiger partial charge in [-0.1, -0.05) is 55.0 Å². The number of nitrogens with zero attached hydrogens (tertiary/aromatic N) is 2. The number of piperidine rings is 1. The summed E-state index contributed by atoms with van der Waals surface area (Å²) in [6, 6.07) is 23.2. The fourth-order valence-corrected chi connectivity index (χ4v) is 4.37. The smallest absolute Gasteiger partial charge is 0.290 e. The summed E-state index contributed by atoms with van der Waals surface area (Å²) < 4.78 is 6.19. The van der Waals surface area contributed by atoms with Crippen molar-refractivity contribution in [2.45, 2.75) is 32.7 Å². The van der Waals surface area contributed by atoms with Crippen LogP contribution in [0.1, 0.15) is 30.5 Å². The number of furan rings is 1. The van der Waals surface area contributed by atoms with E-state index in [9.17, 15) is 0 Å². The number of benzene rings is 2.